The molecule has 1 fully saturated rings. The Morgan fingerprint density at radius 3 is 2.71 bits per heavy atom. The minimum Gasteiger partial charge on any atom is -0.350 e. The van der Waals surface area contributed by atoms with Crippen molar-refractivity contribution in [2.24, 2.45) is 5.92 Å². The largest absolute Gasteiger partial charge is 0.350 e. The van der Waals surface area contributed by atoms with Crippen molar-refractivity contribution in [3.63, 3.8) is 0 Å². The van der Waals surface area contributed by atoms with Crippen molar-refractivity contribution in [2.45, 2.75) is 32.7 Å². The number of hydrogen-bond acceptors (Lipinski definition) is 3. The van der Waals surface area contributed by atoms with Gasteiger partial charge in [0.1, 0.15) is 0 Å². The highest BCUT2D eigenvalue weighted by atomic mass is 16.1. The first kappa shape index (κ1) is 15.5. The van der Waals surface area contributed by atoms with Crippen molar-refractivity contribution in [3.05, 3.63) is 35.4 Å². The molecule has 0 saturated carbocycles. The highest BCUT2D eigenvalue weighted by molar-refractivity contribution is 5.94. The summed E-state index contributed by atoms with van der Waals surface area (Å²) in [6.07, 6.45) is 2.50. The molecule has 0 radical (unpaired) electrons. The molecule has 1 aromatic carbocycles. The number of rotatable bonds is 5. The SMILES string of the molecule is CC(C)C(CNC(=O)c1cccc(C#N)c1)N1CCCC1. The van der Waals surface area contributed by atoms with Crippen LogP contribution in [0.5, 0.6) is 0 Å². The van der Waals surface area contributed by atoms with Gasteiger partial charge in [0.25, 0.3) is 5.91 Å². The molecule has 0 bridgehead atoms. The van der Waals surface area contributed by atoms with Gasteiger partial charge in [-0.1, -0.05) is 19.9 Å². The summed E-state index contributed by atoms with van der Waals surface area (Å²) in [6.45, 7) is 7.31. The molecule has 1 saturated heterocycles. The number of carbonyl (C=O) groups is 1. The second-order valence-corrected chi connectivity index (χ2v) is 5.96. The molecule has 4 heteroatoms. The van der Waals surface area contributed by atoms with Crippen molar-refractivity contribution in [2.75, 3.05) is 19.6 Å². The van der Waals surface area contributed by atoms with E-state index in [2.05, 4.69) is 30.1 Å². The Labute approximate surface area is 126 Å². The van der Waals surface area contributed by atoms with E-state index in [1.807, 2.05) is 0 Å². The highest BCUT2D eigenvalue weighted by Crippen LogP contribution is 2.17. The lowest BCUT2D eigenvalue weighted by Gasteiger charge is -2.31. The molecule has 1 aromatic rings. The molecule has 112 valence electrons. The monoisotopic (exact) mass is 285 g/mol. The molecule has 4 nitrogen and oxygen atoms in total. The first-order valence-electron chi connectivity index (χ1n) is 7.64. The maximum atomic E-state index is 12.2. The maximum Gasteiger partial charge on any atom is 0.251 e. The molecule has 1 N–H and O–H groups in total. The van der Waals surface area contributed by atoms with E-state index in [-0.39, 0.29) is 5.91 Å². The summed E-state index contributed by atoms with van der Waals surface area (Å²) in [7, 11) is 0. The van der Waals surface area contributed by atoms with Gasteiger partial charge in [-0.2, -0.15) is 5.26 Å². The smallest absolute Gasteiger partial charge is 0.251 e. The van der Waals surface area contributed by atoms with Gasteiger partial charge in [-0.15, -0.1) is 0 Å². The van der Waals surface area contributed by atoms with Crippen LogP contribution in [-0.2, 0) is 0 Å². The van der Waals surface area contributed by atoms with Crippen molar-refractivity contribution in [1.82, 2.24) is 10.2 Å². The number of amides is 1. The van der Waals surface area contributed by atoms with E-state index in [1.54, 1.807) is 24.3 Å². The van der Waals surface area contributed by atoms with Crippen molar-refractivity contribution < 1.29 is 4.79 Å². The molecule has 1 unspecified atom stereocenters. The predicted octanol–water partition coefficient (Wildman–Crippen LogP) is 2.41. The average molecular weight is 285 g/mol. The quantitative estimate of drug-likeness (QED) is 0.904. The van der Waals surface area contributed by atoms with E-state index in [0.29, 0.717) is 29.6 Å². The summed E-state index contributed by atoms with van der Waals surface area (Å²) in [5.41, 5.74) is 1.07. The van der Waals surface area contributed by atoms with Gasteiger partial charge in [0.15, 0.2) is 0 Å². The van der Waals surface area contributed by atoms with Crippen LogP contribution in [0.4, 0.5) is 0 Å². The molecule has 21 heavy (non-hydrogen) atoms. The number of carbonyl (C=O) groups excluding carboxylic acids is 1. The first-order valence-corrected chi connectivity index (χ1v) is 7.64. The van der Waals surface area contributed by atoms with Gasteiger partial charge in [-0.05, 0) is 50.0 Å². The fourth-order valence-corrected chi connectivity index (χ4v) is 2.89. The summed E-state index contributed by atoms with van der Waals surface area (Å²) in [5, 5.41) is 11.9. The summed E-state index contributed by atoms with van der Waals surface area (Å²) in [4.78, 5) is 14.7. The molecule has 0 aromatic heterocycles. The summed E-state index contributed by atoms with van der Waals surface area (Å²) in [5.74, 6) is 0.408. The van der Waals surface area contributed by atoms with Gasteiger partial charge in [0.05, 0.1) is 11.6 Å². The normalized spacial score (nSPS) is 16.7. The minimum absolute atomic E-state index is 0.100. The topological polar surface area (TPSA) is 56.1 Å². The Kier molecular flexibility index (Phi) is 5.35. The average Bonchev–Trinajstić information content (AvgIpc) is 3.01. The van der Waals surface area contributed by atoms with E-state index in [1.165, 1.54) is 12.8 Å². The lowest BCUT2D eigenvalue weighted by Crippen LogP contribution is -2.45. The van der Waals surface area contributed by atoms with Crippen molar-refractivity contribution >= 4 is 5.91 Å². The van der Waals surface area contributed by atoms with Crippen LogP contribution in [0, 0.1) is 17.2 Å². The molecule has 2 rings (SSSR count). The zero-order valence-electron chi connectivity index (χ0n) is 12.8. The van der Waals surface area contributed by atoms with E-state index in [4.69, 9.17) is 5.26 Å². The van der Waals surface area contributed by atoms with Crippen molar-refractivity contribution in [1.29, 1.82) is 5.26 Å². The summed E-state index contributed by atoms with van der Waals surface area (Å²) in [6, 6.07) is 9.28. The third-order valence-corrected chi connectivity index (χ3v) is 4.10. The number of nitriles is 1. The number of nitrogens with one attached hydrogen (secondary N) is 1. The second kappa shape index (κ2) is 7.24. The molecular weight excluding hydrogens is 262 g/mol. The van der Waals surface area contributed by atoms with Crippen LogP contribution in [-0.4, -0.2) is 36.5 Å². The lowest BCUT2D eigenvalue weighted by molar-refractivity contribution is 0.0927. The third kappa shape index (κ3) is 4.05. The fourth-order valence-electron chi connectivity index (χ4n) is 2.89. The molecule has 0 spiro atoms. The Balaban J connectivity index is 1.96. The van der Waals surface area contributed by atoms with E-state index in [9.17, 15) is 4.79 Å². The van der Waals surface area contributed by atoms with Crippen LogP contribution in [0.2, 0.25) is 0 Å². The number of nitrogens with zero attached hydrogens (tertiary/aromatic N) is 2. The number of benzene rings is 1. The molecule has 1 atom stereocenters. The van der Waals surface area contributed by atoms with E-state index >= 15 is 0 Å². The highest BCUT2D eigenvalue weighted by Gasteiger charge is 2.24. The van der Waals surface area contributed by atoms with Gasteiger partial charge in [-0.25, -0.2) is 0 Å². The zero-order valence-corrected chi connectivity index (χ0v) is 12.8. The van der Waals surface area contributed by atoms with Crippen LogP contribution in [0.3, 0.4) is 0 Å². The summed E-state index contributed by atoms with van der Waals surface area (Å²) >= 11 is 0. The zero-order chi connectivity index (χ0) is 15.2. The predicted molar refractivity (Wildman–Crippen MR) is 82.9 cm³/mol. The Bertz CT molecular complexity index is 527. The standard InChI is InChI=1S/C17H23N3O/c1-13(2)16(20-8-3-4-9-20)12-19-17(21)15-7-5-6-14(10-15)11-18/h5-7,10,13,16H,3-4,8-9,12H2,1-2H3,(H,19,21). The molecule has 1 aliphatic heterocycles. The van der Waals surface area contributed by atoms with Gasteiger partial charge in [0.2, 0.25) is 0 Å². The molecule has 1 amide bonds. The van der Waals surface area contributed by atoms with Crippen LogP contribution in [0.25, 0.3) is 0 Å². The fraction of sp³-hybridized carbons (Fsp3) is 0.529. The van der Waals surface area contributed by atoms with Crippen LogP contribution >= 0.6 is 0 Å². The maximum absolute atomic E-state index is 12.2. The van der Waals surface area contributed by atoms with E-state index in [0.717, 1.165) is 13.1 Å². The van der Waals surface area contributed by atoms with Crippen LogP contribution in [0.15, 0.2) is 24.3 Å². The van der Waals surface area contributed by atoms with Gasteiger partial charge in [-0.3, -0.25) is 9.69 Å². The number of hydrogen-bond donors (Lipinski definition) is 1. The Morgan fingerprint density at radius 2 is 2.10 bits per heavy atom. The minimum atomic E-state index is -0.100. The van der Waals surface area contributed by atoms with Crippen LogP contribution < -0.4 is 5.32 Å². The van der Waals surface area contributed by atoms with Gasteiger partial charge in [0, 0.05) is 18.2 Å². The lowest BCUT2D eigenvalue weighted by atomic mass is 10.0. The summed E-state index contributed by atoms with van der Waals surface area (Å²) < 4.78 is 0. The third-order valence-electron chi connectivity index (χ3n) is 4.10. The Morgan fingerprint density at radius 1 is 1.38 bits per heavy atom. The molecule has 0 aliphatic carbocycles. The van der Waals surface area contributed by atoms with Gasteiger partial charge >= 0.3 is 0 Å². The van der Waals surface area contributed by atoms with Gasteiger partial charge < -0.3 is 5.32 Å². The van der Waals surface area contributed by atoms with E-state index < -0.39 is 0 Å². The molecular formula is C17H23N3O. The van der Waals surface area contributed by atoms with Crippen LogP contribution in [0.1, 0.15) is 42.6 Å². The Hall–Kier alpha value is -1.86. The molecule has 1 aliphatic rings. The first-order chi connectivity index (χ1) is 10.1. The molecule has 1 heterocycles. The number of likely N-dealkylation sites (tertiary alicyclic amines) is 1. The van der Waals surface area contributed by atoms with Crippen molar-refractivity contribution in [3.8, 4) is 6.07 Å². The second-order valence-electron chi connectivity index (χ2n) is 5.96.